The first-order valence-electron chi connectivity index (χ1n) is 7.45. The van der Waals surface area contributed by atoms with Gasteiger partial charge in [-0.2, -0.15) is 0 Å². The van der Waals surface area contributed by atoms with Gasteiger partial charge < -0.3 is 4.90 Å². The van der Waals surface area contributed by atoms with Crippen LogP contribution in [0.4, 0.5) is 4.79 Å². The molecule has 6 heteroatoms. The summed E-state index contributed by atoms with van der Waals surface area (Å²) < 4.78 is 0. The second-order valence-corrected chi connectivity index (χ2v) is 5.53. The molecule has 20 heavy (non-hydrogen) atoms. The molecule has 0 aromatic carbocycles. The molecule has 2 rings (SSSR count). The van der Waals surface area contributed by atoms with Gasteiger partial charge in [-0.1, -0.05) is 26.7 Å². The third-order valence-corrected chi connectivity index (χ3v) is 4.55. The number of imide groups is 2. The van der Waals surface area contributed by atoms with Crippen molar-refractivity contribution in [2.45, 2.75) is 39.5 Å². The Morgan fingerprint density at radius 3 is 2.30 bits per heavy atom. The second kappa shape index (κ2) is 5.91. The number of carbonyl (C=O) groups is 3. The molecule has 1 saturated heterocycles. The van der Waals surface area contributed by atoms with Crippen LogP contribution in [0.3, 0.4) is 0 Å². The van der Waals surface area contributed by atoms with Crippen LogP contribution >= 0.6 is 0 Å². The average molecular weight is 281 g/mol. The summed E-state index contributed by atoms with van der Waals surface area (Å²) in [5, 5.41) is 2.36. The maximum Gasteiger partial charge on any atom is 0.330 e. The molecule has 4 amide bonds. The summed E-state index contributed by atoms with van der Waals surface area (Å²) in [4.78, 5) is 39.9. The Hall–Kier alpha value is -1.43. The first-order valence-corrected chi connectivity index (χ1v) is 7.45. The zero-order chi connectivity index (χ0) is 14.8. The number of nitrogens with zero attached hydrogens (tertiary/aromatic N) is 2. The van der Waals surface area contributed by atoms with E-state index in [1.807, 2.05) is 13.8 Å². The van der Waals surface area contributed by atoms with Crippen LogP contribution in [0, 0.1) is 5.41 Å². The molecule has 1 N–H and O–H groups in total. The molecule has 0 bridgehead atoms. The van der Waals surface area contributed by atoms with E-state index in [2.05, 4.69) is 10.2 Å². The van der Waals surface area contributed by atoms with Gasteiger partial charge in [0.2, 0.25) is 11.8 Å². The van der Waals surface area contributed by atoms with E-state index < -0.39 is 17.4 Å². The van der Waals surface area contributed by atoms with Gasteiger partial charge in [-0.05, 0) is 25.9 Å². The fraction of sp³-hybridized carbons (Fsp3) is 0.786. The number of barbiturate groups is 1. The molecule has 1 heterocycles. The lowest BCUT2D eigenvalue weighted by atomic mass is 9.82. The van der Waals surface area contributed by atoms with Gasteiger partial charge in [0.15, 0.2) is 0 Å². The van der Waals surface area contributed by atoms with Crippen molar-refractivity contribution in [1.29, 1.82) is 0 Å². The summed E-state index contributed by atoms with van der Waals surface area (Å²) in [5.74, 6) is -0.694. The maximum absolute atomic E-state index is 12.6. The van der Waals surface area contributed by atoms with Crippen molar-refractivity contribution in [2.24, 2.45) is 5.41 Å². The van der Waals surface area contributed by atoms with Crippen molar-refractivity contribution in [3.05, 3.63) is 0 Å². The van der Waals surface area contributed by atoms with E-state index in [4.69, 9.17) is 0 Å². The van der Waals surface area contributed by atoms with Crippen molar-refractivity contribution in [2.75, 3.05) is 26.2 Å². The Kier molecular flexibility index (Phi) is 4.42. The van der Waals surface area contributed by atoms with Crippen LogP contribution in [0.1, 0.15) is 39.5 Å². The van der Waals surface area contributed by atoms with Gasteiger partial charge in [0, 0.05) is 13.1 Å². The Bertz CT molecular complexity index is 412. The molecule has 0 aromatic rings. The van der Waals surface area contributed by atoms with Crippen molar-refractivity contribution >= 4 is 17.8 Å². The van der Waals surface area contributed by atoms with Gasteiger partial charge in [-0.15, -0.1) is 0 Å². The van der Waals surface area contributed by atoms with Crippen LogP contribution in [0.2, 0.25) is 0 Å². The predicted octanol–water partition coefficient (Wildman–Crippen LogP) is 0.967. The van der Waals surface area contributed by atoms with E-state index in [9.17, 15) is 14.4 Å². The molecule has 6 nitrogen and oxygen atoms in total. The molecule has 112 valence electrons. The van der Waals surface area contributed by atoms with E-state index >= 15 is 0 Å². The number of nitrogens with one attached hydrogen (secondary N) is 1. The van der Waals surface area contributed by atoms with Crippen LogP contribution < -0.4 is 5.32 Å². The molecular formula is C14H23N3O3. The number of hydrogen-bond acceptors (Lipinski definition) is 4. The number of rotatable bonds is 5. The molecule has 0 radical (unpaired) electrons. The largest absolute Gasteiger partial charge is 0.330 e. The van der Waals surface area contributed by atoms with Crippen LogP contribution in [-0.2, 0) is 9.59 Å². The SMILES string of the molecule is CCN(CC)CCN1C(=O)NC(=O)C2(CCCC2)C1=O. The van der Waals surface area contributed by atoms with E-state index in [0.29, 0.717) is 25.9 Å². The second-order valence-electron chi connectivity index (χ2n) is 5.53. The van der Waals surface area contributed by atoms with Gasteiger partial charge in [-0.3, -0.25) is 19.8 Å². The van der Waals surface area contributed by atoms with Crippen molar-refractivity contribution in [1.82, 2.24) is 15.1 Å². The molecule has 0 atom stereocenters. The van der Waals surface area contributed by atoms with Crippen LogP contribution in [0.15, 0.2) is 0 Å². The van der Waals surface area contributed by atoms with Crippen molar-refractivity contribution < 1.29 is 14.4 Å². The van der Waals surface area contributed by atoms with Crippen molar-refractivity contribution in [3.63, 3.8) is 0 Å². The lowest BCUT2D eigenvalue weighted by molar-refractivity contribution is -0.151. The van der Waals surface area contributed by atoms with Gasteiger partial charge in [-0.25, -0.2) is 4.79 Å². The zero-order valence-corrected chi connectivity index (χ0v) is 12.3. The standard InChI is InChI=1S/C14H23N3O3/c1-3-16(4-2)9-10-17-12(19)14(7-5-6-8-14)11(18)15-13(17)20/h3-10H2,1-2H3,(H,15,18,20). The Labute approximate surface area is 119 Å². The number of amides is 4. The maximum atomic E-state index is 12.6. The Balaban J connectivity index is 2.10. The quantitative estimate of drug-likeness (QED) is 0.762. The molecular weight excluding hydrogens is 258 g/mol. The predicted molar refractivity (Wildman–Crippen MR) is 73.9 cm³/mol. The molecule has 0 unspecified atom stereocenters. The lowest BCUT2D eigenvalue weighted by Crippen LogP contribution is -2.63. The highest BCUT2D eigenvalue weighted by Crippen LogP contribution is 2.41. The highest BCUT2D eigenvalue weighted by Gasteiger charge is 2.54. The lowest BCUT2D eigenvalue weighted by Gasteiger charge is -2.37. The summed E-state index contributed by atoms with van der Waals surface area (Å²) in [6, 6.07) is -0.565. The van der Waals surface area contributed by atoms with Crippen LogP contribution in [0.25, 0.3) is 0 Å². The van der Waals surface area contributed by atoms with Gasteiger partial charge in [0.05, 0.1) is 0 Å². The van der Waals surface area contributed by atoms with Gasteiger partial charge in [0.25, 0.3) is 0 Å². The monoisotopic (exact) mass is 281 g/mol. The molecule has 2 fully saturated rings. The first kappa shape index (κ1) is 15.0. The topological polar surface area (TPSA) is 69.7 Å². The highest BCUT2D eigenvalue weighted by molar-refractivity contribution is 6.19. The molecule has 1 aliphatic carbocycles. The average Bonchev–Trinajstić information content (AvgIpc) is 2.92. The summed E-state index contributed by atoms with van der Waals surface area (Å²) >= 11 is 0. The summed E-state index contributed by atoms with van der Waals surface area (Å²) in [7, 11) is 0. The fourth-order valence-electron chi connectivity index (χ4n) is 3.14. The summed E-state index contributed by atoms with van der Waals surface area (Å²) in [6.45, 7) is 6.85. The van der Waals surface area contributed by atoms with Gasteiger partial charge in [0.1, 0.15) is 5.41 Å². The fourth-order valence-corrected chi connectivity index (χ4v) is 3.14. The Morgan fingerprint density at radius 1 is 1.15 bits per heavy atom. The third kappa shape index (κ3) is 2.44. The zero-order valence-electron chi connectivity index (χ0n) is 12.3. The molecule has 1 aliphatic heterocycles. The smallest absolute Gasteiger partial charge is 0.302 e. The number of urea groups is 1. The van der Waals surface area contributed by atoms with E-state index in [1.54, 1.807) is 0 Å². The van der Waals surface area contributed by atoms with Gasteiger partial charge >= 0.3 is 6.03 Å². The number of hydrogen-bond donors (Lipinski definition) is 1. The minimum absolute atomic E-state index is 0.295. The molecule has 0 aromatic heterocycles. The normalized spacial score (nSPS) is 21.9. The van der Waals surface area contributed by atoms with Crippen LogP contribution in [0.5, 0.6) is 0 Å². The highest BCUT2D eigenvalue weighted by atomic mass is 16.2. The Morgan fingerprint density at radius 2 is 1.75 bits per heavy atom. The minimum atomic E-state index is -0.975. The number of carbonyl (C=O) groups excluding carboxylic acids is 3. The number of likely N-dealkylation sites (N-methyl/N-ethyl adjacent to an activating group) is 1. The molecule has 1 saturated carbocycles. The van der Waals surface area contributed by atoms with Crippen molar-refractivity contribution in [3.8, 4) is 0 Å². The van der Waals surface area contributed by atoms with Crippen LogP contribution in [-0.4, -0.2) is 53.8 Å². The third-order valence-electron chi connectivity index (χ3n) is 4.55. The van der Waals surface area contributed by atoms with E-state index in [1.165, 1.54) is 4.90 Å². The molecule has 1 spiro atoms. The van der Waals surface area contributed by atoms with E-state index in [-0.39, 0.29) is 5.91 Å². The minimum Gasteiger partial charge on any atom is -0.302 e. The van der Waals surface area contributed by atoms with E-state index in [0.717, 1.165) is 25.9 Å². The first-order chi connectivity index (χ1) is 9.55. The summed E-state index contributed by atoms with van der Waals surface area (Å²) in [6.07, 6.45) is 2.87. The summed E-state index contributed by atoms with van der Waals surface area (Å²) in [5.41, 5.74) is -0.975. The molecule has 2 aliphatic rings.